The highest BCUT2D eigenvalue weighted by molar-refractivity contribution is 9.09. The predicted octanol–water partition coefficient (Wildman–Crippen LogP) is 3.99. The van der Waals surface area contributed by atoms with Gasteiger partial charge in [-0.3, -0.25) is 4.79 Å². The van der Waals surface area contributed by atoms with E-state index in [2.05, 4.69) is 21.2 Å². The molecule has 0 heterocycles. The molecule has 0 fully saturated rings. The molecule has 112 valence electrons. The topological polar surface area (TPSA) is 29.1 Å². The number of carbonyl (C=O) groups is 1. The minimum atomic E-state index is -4.82. The van der Waals surface area contributed by atoms with Gasteiger partial charge in [-0.05, 0) is 18.1 Å². The Morgan fingerprint density at radius 2 is 1.95 bits per heavy atom. The molecule has 1 unspecified atom stereocenters. The number of amides is 1. The predicted molar refractivity (Wildman–Crippen MR) is 71.3 cm³/mol. The molecule has 20 heavy (non-hydrogen) atoms. The molecule has 0 saturated carbocycles. The van der Waals surface area contributed by atoms with Crippen molar-refractivity contribution in [3.63, 3.8) is 0 Å². The second-order valence-electron chi connectivity index (χ2n) is 4.63. The quantitative estimate of drug-likeness (QED) is 0.642. The third kappa shape index (κ3) is 4.19. The Hall–Kier alpha value is -1.11. The molecule has 0 saturated heterocycles. The Kier molecular flexibility index (Phi) is 5.56. The Labute approximate surface area is 122 Å². The summed E-state index contributed by atoms with van der Waals surface area (Å²) in [5, 5.41) is 2.41. The number of alkyl halides is 4. The van der Waals surface area contributed by atoms with Gasteiger partial charge in [0.2, 0.25) is 0 Å². The van der Waals surface area contributed by atoms with Crippen molar-refractivity contribution in [2.75, 3.05) is 6.54 Å². The van der Waals surface area contributed by atoms with Crippen molar-refractivity contribution >= 4 is 21.8 Å². The van der Waals surface area contributed by atoms with Crippen LogP contribution in [0.25, 0.3) is 0 Å². The van der Waals surface area contributed by atoms with Crippen molar-refractivity contribution in [2.24, 2.45) is 5.92 Å². The molecule has 0 aliphatic rings. The minimum Gasteiger partial charge on any atom is -0.351 e. The van der Waals surface area contributed by atoms with E-state index < -0.39 is 29.0 Å². The summed E-state index contributed by atoms with van der Waals surface area (Å²) in [7, 11) is 0. The molecule has 0 aliphatic carbocycles. The van der Waals surface area contributed by atoms with E-state index in [1.165, 1.54) is 0 Å². The number of hydrogen-bond donors (Lipinski definition) is 1. The zero-order valence-corrected chi connectivity index (χ0v) is 12.5. The van der Waals surface area contributed by atoms with Crippen LogP contribution in [0.3, 0.4) is 0 Å². The molecule has 7 heteroatoms. The van der Waals surface area contributed by atoms with Gasteiger partial charge >= 0.3 is 6.18 Å². The molecule has 2 nitrogen and oxygen atoms in total. The van der Waals surface area contributed by atoms with Crippen LogP contribution in [0.15, 0.2) is 18.2 Å². The van der Waals surface area contributed by atoms with Gasteiger partial charge < -0.3 is 5.32 Å². The van der Waals surface area contributed by atoms with Gasteiger partial charge in [0.1, 0.15) is 5.82 Å². The second kappa shape index (κ2) is 6.56. The zero-order chi connectivity index (χ0) is 15.5. The molecule has 0 bridgehead atoms. The summed E-state index contributed by atoms with van der Waals surface area (Å²) in [5.74, 6) is -2.19. The lowest BCUT2D eigenvalue weighted by molar-refractivity contribution is -0.140. The van der Waals surface area contributed by atoms with E-state index in [1.807, 2.05) is 13.8 Å². The van der Waals surface area contributed by atoms with Gasteiger partial charge in [0, 0.05) is 11.4 Å². The smallest absolute Gasteiger partial charge is 0.351 e. The van der Waals surface area contributed by atoms with Gasteiger partial charge in [0.15, 0.2) is 0 Å². The Morgan fingerprint density at radius 3 is 2.45 bits per heavy atom. The van der Waals surface area contributed by atoms with Gasteiger partial charge in [-0.1, -0.05) is 35.8 Å². The molecule has 1 amide bonds. The summed E-state index contributed by atoms with van der Waals surface area (Å²) in [6.45, 7) is 4.03. The van der Waals surface area contributed by atoms with Crippen LogP contribution in [0.5, 0.6) is 0 Å². The maximum Gasteiger partial charge on any atom is 0.419 e. The molecular formula is C13H14BrF4NO. The number of nitrogens with one attached hydrogen (secondary N) is 1. The van der Waals surface area contributed by atoms with Crippen LogP contribution in [0, 0.1) is 11.7 Å². The third-order valence-electron chi connectivity index (χ3n) is 2.73. The molecule has 1 N–H and O–H groups in total. The first-order valence-corrected chi connectivity index (χ1v) is 6.84. The molecule has 1 aromatic rings. The van der Waals surface area contributed by atoms with Crippen molar-refractivity contribution in [2.45, 2.75) is 24.9 Å². The summed E-state index contributed by atoms with van der Waals surface area (Å²) in [6.07, 6.45) is -4.82. The molecular weight excluding hydrogens is 342 g/mol. The standard InChI is InChI=1S/C13H14BrF4NO/c1-7(2)10(14)6-19-12(20)8-4-3-5-9(11(8)15)13(16,17)18/h3-5,7,10H,6H2,1-2H3,(H,19,20). The van der Waals surface area contributed by atoms with Crippen molar-refractivity contribution in [1.82, 2.24) is 5.32 Å². The van der Waals surface area contributed by atoms with E-state index >= 15 is 0 Å². The van der Waals surface area contributed by atoms with Gasteiger partial charge in [0.25, 0.3) is 5.91 Å². The molecule has 0 radical (unpaired) electrons. The first-order valence-electron chi connectivity index (χ1n) is 5.92. The number of carbonyl (C=O) groups excluding carboxylic acids is 1. The average Bonchev–Trinajstić information content (AvgIpc) is 2.34. The van der Waals surface area contributed by atoms with E-state index in [9.17, 15) is 22.4 Å². The van der Waals surface area contributed by atoms with Crippen LogP contribution in [-0.2, 0) is 6.18 Å². The van der Waals surface area contributed by atoms with E-state index in [1.54, 1.807) is 0 Å². The highest BCUT2D eigenvalue weighted by atomic mass is 79.9. The maximum atomic E-state index is 13.7. The fourth-order valence-corrected chi connectivity index (χ4v) is 1.61. The SMILES string of the molecule is CC(C)C(Br)CNC(=O)c1cccc(C(F)(F)F)c1F. The summed E-state index contributed by atoms with van der Waals surface area (Å²) >= 11 is 3.32. The van der Waals surface area contributed by atoms with Gasteiger partial charge in [-0.25, -0.2) is 4.39 Å². The van der Waals surface area contributed by atoms with E-state index in [0.29, 0.717) is 6.07 Å². The third-order valence-corrected chi connectivity index (χ3v) is 4.11. The zero-order valence-electron chi connectivity index (χ0n) is 10.9. The molecule has 1 atom stereocenters. The first kappa shape index (κ1) is 16.9. The largest absolute Gasteiger partial charge is 0.419 e. The summed E-state index contributed by atoms with van der Waals surface area (Å²) in [6, 6.07) is 2.64. The van der Waals surface area contributed by atoms with E-state index in [-0.39, 0.29) is 17.3 Å². The second-order valence-corrected chi connectivity index (χ2v) is 5.81. The minimum absolute atomic E-state index is 0.0414. The van der Waals surface area contributed by atoms with Crippen LogP contribution in [-0.4, -0.2) is 17.3 Å². The van der Waals surface area contributed by atoms with Crippen LogP contribution in [0.4, 0.5) is 17.6 Å². The molecule has 1 aromatic carbocycles. The maximum absolute atomic E-state index is 13.7. The van der Waals surface area contributed by atoms with E-state index in [0.717, 1.165) is 12.1 Å². The van der Waals surface area contributed by atoms with Crippen LogP contribution < -0.4 is 5.32 Å². The lowest BCUT2D eigenvalue weighted by atomic mass is 10.1. The van der Waals surface area contributed by atoms with Crippen LogP contribution >= 0.6 is 15.9 Å². The highest BCUT2D eigenvalue weighted by Crippen LogP contribution is 2.32. The number of halogens is 5. The van der Waals surface area contributed by atoms with Crippen LogP contribution in [0.1, 0.15) is 29.8 Å². The van der Waals surface area contributed by atoms with Gasteiger partial charge in [0.05, 0.1) is 11.1 Å². The monoisotopic (exact) mass is 355 g/mol. The van der Waals surface area contributed by atoms with Gasteiger partial charge in [-0.2, -0.15) is 13.2 Å². The van der Waals surface area contributed by atoms with Crippen LogP contribution in [0.2, 0.25) is 0 Å². The number of rotatable bonds is 4. The summed E-state index contributed by atoms with van der Waals surface area (Å²) in [4.78, 5) is 11.7. The summed E-state index contributed by atoms with van der Waals surface area (Å²) in [5.41, 5.74) is -2.05. The number of hydrogen-bond acceptors (Lipinski definition) is 1. The lowest BCUT2D eigenvalue weighted by Crippen LogP contribution is -2.32. The molecule has 1 rings (SSSR count). The van der Waals surface area contributed by atoms with Crippen molar-refractivity contribution < 1.29 is 22.4 Å². The average molecular weight is 356 g/mol. The Bertz CT molecular complexity index is 488. The van der Waals surface area contributed by atoms with E-state index in [4.69, 9.17) is 0 Å². The van der Waals surface area contributed by atoms with Crippen molar-refractivity contribution in [3.8, 4) is 0 Å². The fraction of sp³-hybridized carbons (Fsp3) is 0.462. The molecule has 0 spiro atoms. The number of benzene rings is 1. The summed E-state index contributed by atoms with van der Waals surface area (Å²) < 4.78 is 51.3. The Balaban J connectivity index is 2.90. The first-order chi connectivity index (χ1) is 9.14. The lowest BCUT2D eigenvalue weighted by Gasteiger charge is -2.15. The van der Waals surface area contributed by atoms with Gasteiger partial charge in [-0.15, -0.1) is 0 Å². The Morgan fingerprint density at radius 1 is 1.35 bits per heavy atom. The van der Waals surface area contributed by atoms with Crippen molar-refractivity contribution in [3.05, 3.63) is 35.1 Å². The highest BCUT2D eigenvalue weighted by Gasteiger charge is 2.35. The fourth-order valence-electron chi connectivity index (χ4n) is 1.45. The normalized spacial score (nSPS) is 13.4. The molecule has 0 aliphatic heterocycles. The van der Waals surface area contributed by atoms with Crippen molar-refractivity contribution in [1.29, 1.82) is 0 Å². The molecule has 0 aromatic heterocycles.